The van der Waals surface area contributed by atoms with E-state index in [0.717, 1.165) is 18.6 Å². The summed E-state index contributed by atoms with van der Waals surface area (Å²) in [6.45, 7) is 0. The Morgan fingerprint density at radius 1 is 0.947 bits per heavy atom. The van der Waals surface area contributed by atoms with Crippen LogP contribution in [0.25, 0.3) is 0 Å². The zero-order valence-electron chi connectivity index (χ0n) is 11.0. The summed E-state index contributed by atoms with van der Waals surface area (Å²) in [5.74, 6) is 0.965. The molecule has 2 heteroatoms. The summed E-state index contributed by atoms with van der Waals surface area (Å²) in [4.78, 5) is 0. The molecule has 2 heterocycles. The molecule has 2 atom stereocenters. The van der Waals surface area contributed by atoms with Crippen LogP contribution in [0.5, 0.6) is 5.75 Å². The Bertz CT molecular complexity index is 635. The summed E-state index contributed by atoms with van der Waals surface area (Å²) < 4.78 is 5.35. The van der Waals surface area contributed by atoms with E-state index in [1.54, 1.807) is 7.11 Å². The van der Waals surface area contributed by atoms with Crippen LogP contribution in [0.15, 0.2) is 42.5 Å². The van der Waals surface area contributed by atoms with Crippen molar-refractivity contribution in [2.45, 2.75) is 24.9 Å². The third-order valence-electron chi connectivity index (χ3n) is 4.41. The Labute approximate surface area is 113 Å². The highest BCUT2D eigenvalue weighted by Crippen LogP contribution is 2.40. The summed E-state index contributed by atoms with van der Waals surface area (Å²) in [5.41, 5.74) is 5.83. The van der Waals surface area contributed by atoms with E-state index in [2.05, 4.69) is 47.8 Å². The minimum absolute atomic E-state index is 0.453. The average Bonchev–Trinajstić information content (AvgIpc) is 2.47. The smallest absolute Gasteiger partial charge is 0.119 e. The van der Waals surface area contributed by atoms with Crippen molar-refractivity contribution in [3.63, 3.8) is 0 Å². The fraction of sp³-hybridized carbons (Fsp3) is 0.294. The van der Waals surface area contributed by atoms with Gasteiger partial charge in [-0.1, -0.05) is 30.3 Å². The molecule has 0 aliphatic carbocycles. The van der Waals surface area contributed by atoms with Crippen LogP contribution in [0.3, 0.4) is 0 Å². The minimum atomic E-state index is 0.453. The van der Waals surface area contributed by atoms with Crippen molar-refractivity contribution in [1.29, 1.82) is 0 Å². The highest BCUT2D eigenvalue weighted by atomic mass is 16.5. The maximum Gasteiger partial charge on any atom is 0.119 e. The zero-order chi connectivity index (χ0) is 12.8. The lowest BCUT2D eigenvalue weighted by Gasteiger charge is -2.39. The van der Waals surface area contributed by atoms with Gasteiger partial charge in [0.05, 0.1) is 7.11 Å². The molecule has 2 aliphatic rings. The third kappa shape index (κ3) is 1.67. The molecule has 0 radical (unpaired) electrons. The second kappa shape index (κ2) is 4.10. The van der Waals surface area contributed by atoms with Gasteiger partial charge >= 0.3 is 0 Å². The first-order valence-electron chi connectivity index (χ1n) is 6.86. The normalized spacial score (nSPS) is 23.4. The number of rotatable bonds is 1. The Morgan fingerprint density at radius 2 is 1.68 bits per heavy atom. The number of methoxy groups -OCH3 is 1. The molecule has 2 aromatic carbocycles. The second-order valence-corrected chi connectivity index (χ2v) is 5.44. The molecule has 0 amide bonds. The van der Waals surface area contributed by atoms with Gasteiger partial charge in [0.1, 0.15) is 5.75 Å². The van der Waals surface area contributed by atoms with E-state index in [0.29, 0.717) is 12.1 Å². The van der Waals surface area contributed by atoms with Crippen LogP contribution in [0.4, 0.5) is 0 Å². The number of fused-ring (bicyclic) bond motifs is 6. The third-order valence-corrected chi connectivity index (χ3v) is 4.41. The molecule has 0 saturated heterocycles. The SMILES string of the molecule is COc1ccc2c(c1)CC1NC2Cc2ccccc21. The van der Waals surface area contributed by atoms with Crippen LogP contribution in [0.1, 0.15) is 34.3 Å². The van der Waals surface area contributed by atoms with Crippen molar-refractivity contribution in [3.05, 3.63) is 64.7 Å². The molecule has 2 aromatic rings. The van der Waals surface area contributed by atoms with Crippen molar-refractivity contribution in [3.8, 4) is 5.75 Å². The predicted molar refractivity (Wildman–Crippen MR) is 75.5 cm³/mol. The maximum absolute atomic E-state index is 5.35. The lowest BCUT2D eigenvalue weighted by atomic mass is 9.78. The fourth-order valence-electron chi connectivity index (χ4n) is 3.49. The number of hydrogen-bond acceptors (Lipinski definition) is 2. The van der Waals surface area contributed by atoms with Gasteiger partial charge in [-0.15, -0.1) is 0 Å². The molecule has 2 nitrogen and oxygen atoms in total. The van der Waals surface area contributed by atoms with Gasteiger partial charge in [0, 0.05) is 12.1 Å². The van der Waals surface area contributed by atoms with Gasteiger partial charge in [0.15, 0.2) is 0 Å². The van der Waals surface area contributed by atoms with E-state index in [-0.39, 0.29) is 0 Å². The van der Waals surface area contributed by atoms with Crippen molar-refractivity contribution in [2.75, 3.05) is 7.11 Å². The van der Waals surface area contributed by atoms with E-state index < -0.39 is 0 Å². The average molecular weight is 251 g/mol. The van der Waals surface area contributed by atoms with Crippen LogP contribution in [-0.4, -0.2) is 7.11 Å². The molecule has 2 unspecified atom stereocenters. The quantitative estimate of drug-likeness (QED) is 0.840. The van der Waals surface area contributed by atoms with E-state index >= 15 is 0 Å². The predicted octanol–water partition coefficient (Wildman–Crippen LogP) is 3.18. The Hall–Kier alpha value is -1.80. The molecular formula is C17H17NO. The van der Waals surface area contributed by atoms with Crippen LogP contribution < -0.4 is 10.1 Å². The van der Waals surface area contributed by atoms with Crippen molar-refractivity contribution in [1.82, 2.24) is 5.32 Å². The summed E-state index contributed by atoms with van der Waals surface area (Å²) >= 11 is 0. The summed E-state index contributed by atoms with van der Waals surface area (Å²) in [6.07, 6.45) is 2.14. The first kappa shape index (κ1) is 11.1. The highest BCUT2D eigenvalue weighted by molar-refractivity contribution is 5.45. The highest BCUT2D eigenvalue weighted by Gasteiger charge is 2.32. The van der Waals surface area contributed by atoms with Crippen LogP contribution in [-0.2, 0) is 12.8 Å². The molecule has 4 rings (SSSR count). The summed E-state index contributed by atoms with van der Waals surface area (Å²) in [5, 5.41) is 3.76. The van der Waals surface area contributed by atoms with Gasteiger partial charge in [-0.25, -0.2) is 0 Å². The topological polar surface area (TPSA) is 21.3 Å². The van der Waals surface area contributed by atoms with Gasteiger partial charge in [-0.2, -0.15) is 0 Å². The van der Waals surface area contributed by atoms with Crippen molar-refractivity contribution < 1.29 is 4.74 Å². The van der Waals surface area contributed by atoms with Crippen LogP contribution >= 0.6 is 0 Å². The summed E-state index contributed by atoms with van der Waals surface area (Å²) in [6, 6.07) is 16.2. The number of hydrogen-bond donors (Lipinski definition) is 1. The number of benzene rings is 2. The fourth-order valence-corrected chi connectivity index (χ4v) is 3.49. The zero-order valence-corrected chi connectivity index (χ0v) is 11.0. The molecule has 96 valence electrons. The molecule has 0 fully saturated rings. The second-order valence-electron chi connectivity index (χ2n) is 5.44. The Morgan fingerprint density at radius 3 is 2.53 bits per heavy atom. The van der Waals surface area contributed by atoms with Gasteiger partial charge in [0.2, 0.25) is 0 Å². The van der Waals surface area contributed by atoms with Crippen molar-refractivity contribution >= 4 is 0 Å². The van der Waals surface area contributed by atoms with Crippen molar-refractivity contribution in [2.24, 2.45) is 0 Å². The molecule has 0 spiro atoms. The van der Waals surface area contributed by atoms with Gasteiger partial charge in [-0.3, -0.25) is 0 Å². The molecule has 2 aliphatic heterocycles. The van der Waals surface area contributed by atoms with Crippen LogP contribution in [0, 0.1) is 0 Å². The standard InChI is InChI=1S/C17H17NO/c1-19-13-6-7-15-12(8-13)10-17-14-5-3-2-4-11(14)9-16(15)18-17/h2-8,16-18H,9-10H2,1H3. The molecule has 0 aromatic heterocycles. The molecule has 1 N–H and O–H groups in total. The summed E-state index contributed by atoms with van der Waals surface area (Å²) in [7, 11) is 1.74. The molecule has 19 heavy (non-hydrogen) atoms. The Kier molecular flexibility index (Phi) is 2.39. The first-order chi connectivity index (χ1) is 9.35. The van der Waals surface area contributed by atoms with Gasteiger partial charge in [0.25, 0.3) is 0 Å². The van der Waals surface area contributed by atoms with Gasteiger partial charge < -0.3 is 10.1 Å². The largest absolute Gasteiger partial charge is 0.497 e. The molecule has 0 saturated carbocycles. The maximum atomic E-state index is 5.35. The van der Waals surface area contributed by atoms with E-state index in [4.69, 9.17) is 4.74 Å². The minimum Gasteiger partial charge on any atom is -0.497 e. The lowest BCUT2D eigenvalue weighted by molar-refractivity contribution is 0.376. The van der Waals surface area contributed by atoms with E-state index in [1.807, 2.05) is 0 Å². The first-order valence-corrected chi connectivity index (χ1v) is 6.86. The van der Waals surface area contributed by atoms with E-state index in [9.17, 15) is 0 Å². The number of ether oxygens (including phenoxy) is 1. The molecular weight excluding hydrogens is 234 g/mol. The Balaban J connectivity index is 1.81. The number of nitrogens with one attached hydrogen (secondary N) is 1. The van der Waals surface area contributed by atoms with Crippen LogP contribution in [0.2, 0.25) is 0 Å². The monoisotopic (exact) mass is 251 g/mol. The van der Waals surface area contributed by atoms with Gasteiger partial charge in [-0.05, 0) is 47.2 Å². The lowest BCUT2D eigenvalue weighted by Crippen LogP contribution is -2.38. The van der Waals surface area contributed by atoms with E-state index in [1.165, 1.54) is 22.3 Å². The molecule has 2 bridgehead atoms.